The number of nitrogens with two attached hydrogens (primary N) is 1. The number of nitrogens with one attached hydrogen (secondary N) is 2. The molecule has 0 aromatic heterocycles. The Hall–Kier alpha value is -1.95. The highest BCUT2D eigenvalue weighted by Crippen LogP contribution is 2.30. The summed E-state index contributed by atoms with van der Waals surface area (Å²) < 4.78 is 11.1. The lowest BCUT2D eigenvalue weighted by Gasteiger charge is -2.19. The van der Waals surface area contributed by atoms with E-state index in [9.17, 15) is 0 Å². The van der Waals surface area contributed by atoms with E-state index in [1.165, 1.54) is 5.56 Å². The lowest BCUT2D eigenvalue weighted by Crippen LogP contribution is -2.42. The lowest BCUT2D eigenvalue weighted by atomic mass is 10.1. The van der Waals surface area contributed by atoms with Gasteiger partial charge in [-0.25, -0.2) is 5.84 Å². The molecule has 1 aliphatic rings. The maximum Gasteiger partial charge on any atom is 0.205 e. The van der Waals surface area contributed by atoms with Crippen molar-refractivity contribution < 1.29 is 9.47 Å². The first-order valence-corrected chi connectivity index (χ1v) is 7.32. The van der Waals surface area contributed by atoms with E-state index in [1.807, 2.05) is 12.1 Å². The largest absolute Gasteiger partial charge is 0.486 e. The highest BCUT2D eigenvalue weighted by Gasteiger charge is 2.11. The van der Waals surface area contributed by atoms with Crippen LogP contribution in [0.1, 0.15) is 19.4 Å². The molecule has 116 valence electrons. The lowest BCUT2D eigenvalue weighted by molar-refractivity contribution is 0.171. The molecule has 0 fully saturated rings. The van der Waals surface area contributed by atoms with Gasteiger partial charge < -0.3 is 14.8 Å². The molecule has 4 N–H and O–H groups in total. The van der Waals surface area contributed by atoms with Crippen LogP contribution >= 0.6 is 0 Å². The first-order chi connectivity index (χ1) is 10.2. The summed E-state index contributed by atoms with van der Waals surface area (Å²) in [7, 11) is 0. The first kappa shape index (κ1) is 15.4. The normalized spacial score (nSPS) is 14.2. The fourth-order valence-electron chi connectivity index (χ4n) is 1.99. The van der Waals surface area contributed by atoms with Crippen molar-refractivity contribution in [2.75, 3.05) is 26.3 Å². The molecule has 1 aromatic carbocycles. The standard InChI is InChI=1S/C15H24N4O2/c1-11(2)10-18-15(19-16)17-6-5-12-3-4-13-14(9-12)21-8-7-20-13/h3-4,9,11H,5-8,10,16H2,1-2H3,(H2,17,18,19). The number of nitrogens with zero attached hydrogens (tertiary/aromatic N) is 1. The molecule has 1 aromatic rings. The molecule has 0 bridgehead atoms. The van der Waals surface area contributed by atoms with Gasteiger partial charge in [0.2, 0.25) is 5.96 Å². The van der Waals surface area contributed by atoms with Crippen molar-refractivity contribution in [3.63, 3.8) is 0 Å². The molecule has 6 nitrogen and oxygen atoms in total. The van der Waals surface area contributed by atoms with Gasteiger partial charge in [-0.1, -0.05) is 19.9 Å². The zero-order valence-corrected chi connectivity index (χ0v) is 12.7. The second kappa shape index (κ2) is 7.73. The van der Waals surface area contributed by atoms with Crippen LogP contribution in [0, 0.1) is 5.92 Å². The van der Waals surface area contributed by atoms with E-state index in [0.29, 0.717) is 25.1 Å². The summed E-state index contributed by atoms with van der Waals surface area (Å²) in [5, 5.41) is 3.20. The van der Waals surface area contributed by atoms with E-state index in [1.54, 1.807) is 0 Å². The molecule has 2 rings (SSSR count). The molecule has 0 unspecified atom stereocenters. The van der Waals surface area contributed by atoms with Gasteiger partial charge in [0.15, 0.2) is 11.5 Å². The van der Waals surface area contributed by atoms with Crippen LogP contribution in [0.25, 0.3) is 0 Å². The zero-order chi connectivity index (χ0) is 15.1. The number of hydrogen-bond donors (Lipinski definition) is 3. The predicted octanol–water partition coefficient (Wildman–Crippen LogP) is 1.07. The van der Waals surface area contributed by atoms with Crippen molar-refractivity contribution in [3.05, 3.63) is 23.8 Å². The number of aliphatic imine (C=N–C) groups is 1. The smallest absolute Gasteiger partial charge is 0.205 e. The SMILES string of the molecule is CC(C)CN=C(NN)NCCc1ccc2c(c1)OCCO2. The van der Waals surface area contributed by atoms with Crippen molar-refractivity contribution in [2.24, 2.45) is 16.8 Å². The summed E-state index contributed by atoms with van der Waals surface area (Å²) in [5.74, 6) is 8.23. The number of hydrazine groups is 1. The fourth-order valence-corrected chi connectivity index (χ4v) is 1.99. The van der Waals surface area contributed by atoms with Crippen LogP contribution in [0.15, 0.2) is 23.2 Å². The van der Waals surface area contributed by atoms with Crippen LogP contribution in [-0.4, -0.2) is 32.3 Å². The molecule has 1 aliphatic heterocycles. The second-order valence-corrected chi connectivity index (χ2v) is 5.38. The third kappa shape index (κ3) is 4.82. The Labute approximate surface area is 125 Å². The third-order valence-corrected chi connectivity index (χ3v) is 3.06. The Kier molecular flexibility index (Phi) is 5.68. The Morgan fingerprint density at radius 1 is 1.29 bits per heavy atom. The van der Waals surface area contributed by atoms with Gasteiger partial charge >= 0.3 is 0 Å². The maximum absolute atomic E-state index is 5.58. The van der Waals surface area contributed by atoms with Gasteiger partial charge in [0.05, 0.1) is 0 Å². The van der Waals surface area contributed by atoms with E-state index < -0.39 is 0 Å². The Bertz CT molecular complexity index is 489. The number of benzene rings is 1. The van der Waals surface area contributed by atoms with E-state index in [-0.39, 0.29) is 0 Å². The highest BCUT2D eigenvalue weighted by molar-refractivity contribution is 5.79. The second-order valence-electron chi connectivity index (χ2n) is 5.38. The molecular weight excluding hydrogens is 268 g/mol. The van der Waals surface area contributed by atoms with Crippen molar-refractivity contribution in [2.45, 2.75) is 20.3 Å². The summed E-state index contributed by atoms with van der Waals surface area (Å²) in [6.45, 7) is 6.96. The molecule has 0 spiro atoms. The van der Waals surface area contributed by atoms with Gasteiger partial charge in [-0.2, -0.15) is 0 Å². The molecule has 0 atom stereocenters. The maximum atomic E-state index is 5.58. The van der Waals surface area contributed by atoms with Gasteiger partial charge in [0.1, 0.15) is 13.2 Å². The van der Waals surface area contributed by atoms with E-state index in [2.05, 4.69) is 35.6 Å². The topological polar surface area (TPSA) is 80.9 Å². The minimum absolute atomic E-state index is 0.507. The number of hydrogen-bond acceptors (Lipinski definition) is 4. The Morgan fingerprint density at radius 2 is 2.05 bits per heavy atom. The number of rotatable bonds is 5. The molecule has 0 radical (unpaired) electrons. The average molecular weight is 292 g/mol. The van der Waals surface area contributed by atoms with Crippen LogP contribution in [0.4, 0.5) is 0 Å². The van der Waals surface area contributed by atoms with E-state index in [0.717, 1.165) is 31.0 Å². The Morgan fingerprint density at radius 3 is 2.76 bits per heavy atom. The molecular formula is C15H24N4O2. The number of guanidine groups is 1. The molecule has 0 saturated carbocycles. The molecule has 6 heteroatoms. The van der Waals surface area contributed by atoms with Gasteiger partial charge in [0, 0.05) is 13.1 Å². The van der Waals surface area contributed by atoms with Gasteiger partial charge in [-0.3, -0.25) is 10.4 Å². The minimum atomic E-state index is 0.507. The quantitative estimate of drug-likeness (QED) is 0.327. The van der Waals surface area contributed by atoms with Crippen LogP contribution in [0.3, 0.4) is 0 Å². The third-order valence-electron chi connectivity index (χ3n) is 3.06. The van der Waals surface area contributed by atoms with Crippen LogP contribution in [0.5, 0.6) is 11.5 Å². The summed E-state index contributed by atoms with van der Waals surface area (Å²) in [5.41, 5.74) is 3.77. The highest BCUT2D eigenvalue weighted by atomic mass is 16.6. The fraction of sp³-hybridized carbons (Fsp3) is 0.533. The van der Waals surface area contributed by atoms with Gasteiger partial charge in [-0.05, 0) is 30.0 Å². The average Bonchev–Trinajstić information content (AvgIpc) is 2.50. The van der Waals surface area contributed by atoms with Crippen LogP contribution in [-0.2, 0) is 6.42 Å². The molecule has 0 aliphatic carbocycles. The molecule has 21 heavy (non-hydrogen) atoms. The summed E-state index contributed by atoms with van der Waals surface area (Å²) in [4.78, 5) is 4.37. The summed E-state index contributed by atoms with van der Waals surface area (Å²) >= 11 is 0. The first-order valence-electron chi connectivity index (χ1n) is 7.32. The van der Waals surface area contributed by atoms with Crippen molar-refractivity contribution in [1.29, 1.82) is 0 Å². The number of fused-ring (bicyclic) bond motifs is 1. The van der Waals surface area contributed by atoms with Crippen LogP contribution in [0.2, 0.25) is 0 Å². The summed E-state index contributed by atoms with van der Waals surface area (Å²) in [6, 6.07) is 6.03. The molecule has 0 saturated heterocycles. The van der Waals surface area contributed by atoms with E-state index >= 15 is 0 Å². The predicted molar refractivity (Wildman–Crippen MR) is 83.6 cm³/mol. The molecule has 0 amide bonds. The van der Waals surface area contributed by atoms with E-state index in [4.69, 9.17) is 15.3 Å². The monoisotopic (exact) mass is 292 g/mol. The molecule has 1 heterocycles. The Balaban J connectivity index is 1.84. The van der Waals surface area contributed by atoms with Crippen molar-refractivity contribution in [1.82, 2.24) is 10.7 Å². The van der Waals surface area contributed by atoms with Crippen LogP contribution < -0.4 is 26.1 Å². The minimum Gasteiger partial charge on any atom is -0.486 e. The zero-order valence-electron chi connectivity index (χ0n) is 12.7. The van der Waals surface area contributed by atoms with Crippen molar-refractivity contribution >= 4 is 5.96 Å². The van der Waals surface area contributed by atoms with Gasteiger partial charge in [0.25, 0.3) is 0 Å². The van der Waals surface area contributed by atoms with Crippen molar-refractivity contribution in [3.8, 4) is 11.5 Å². The number of ether oxygens (including phenoxy) is 2. The van der Waals surface area contributed by atoms with Gasteiger partial charge in [-0.15, -0.1) is 0 Å². The summed E-state index contributed by atoms with van der Waals surface area (Å²) in [6.07, 6.45) is 0.860.